The summed E-state index contributed by atoms with van der Waals surface area (Å²) in [6.45, 7) is 7.41. The molecule has 1 aromatic heterocycles. The molecule has 4 heteroatoms. The van der Waals surface area contributed by atoms with E-state index in [1.165, 1.54) is 21.8 Å². The summed E-state index contributed by atoms with van der Waals surface area (Å²) in [6, 6.07) is 11.5. The van der Waals surface area contributed by atoms with Crippen molar-refractivity contribution in [1.82, 2.24) is 15.1 Å². The van der Waals surface area contributed by atoms with E-state index in [1.54, 1.807) is 0 Å². The maximum atomic E-state index is 4.60. The lowest BCUT2D eigenvalue weighted by molar-refractivity contribution is 0.628. The van der Waals surface area contributed by atoms with E-state index < -0.39 is 0 Å². The average molecular weight is 303 g/mol. The molecule has 1 N–H and O–H groups in total. The third kappa shape index (κ3) is 4.11. The molecule has 0 saturated heterocycles. The second kappa shape index (κ2) is 7.66. The van der Waals surface area contributed by atoms with Crippen LogP contribution in [0.4, 0.5) is 0 Å². The molecule has 0 aliphatic heterocycles. The average Bonchev–Trinajstić information content (AvgIpc) is 2.95. The minimum atomic E-state index is 0.401. The van der Waals surface area contributed by atoms with E-state index in [9.17, 15) is 0 Å². The van der Waals surface area contributed by atoms with Crippen molar-refractivity contribution in [2.75, 3.05) is 7.05 Å². The van der Waals surface area contributed by atoms with E-state index in [0.29, 0.717) is 6.04 Å². The first-order valence-corrected chi connectivity index (χ1v) is 8.62. The number of aromatic nitrogens is 2. The highest BCUT2D eigenvalue weighted by Crippen LogP contribution is 2.25. The molecule has 1 heterocycles. The van der Waals surface area contributed by atoms with Crippen LogP contribution in [0.15, 0.2) is 35.2 Å². The fourth-order valence-electron chi connectivity index (χ4n) is 2.25. The molecule has 1 aromatic carbocycles. The van der Waals surface area contributed by atoms with Crippen molar-refractivity contribution < 1.29 is 0 Å². The fourth-order valence-corrected chi connectivity index (χ4v) is 3.13. The Labute approximate surface area is 132 Å². The zero-order chi connectivity index (χ0) is 15.2. The molecule has 0 radical (unpaired) electrons. The molecule has 0 saturated carbocycles. The van der Waals surface area contributed by atoms with E-state index in [2.05, 4.69) is 66.2 Å². The third-order valence-corrected chi connectivity index (χ3v) is 4.82. The van der Waals surface area contributed by atoms with Gasteiger partial charge in [-0.1, -0.05) is 19.1 Å². The van der Waals surface area contributed by atoms with Crippen molar-refractivity contribution >= 4 is 11.8 Å². The highest BCUT2D eigenvalue weighted by atomic mass is 32.2. The van der Waals surface area contributed by atoms with Gasteiger partial charge in [0.2, 0.25) is 0 Å². The lowest BCUT2D eigenvalue weighted by Gasteiger charge is -2.11. The monoisotopic (exact) mass is 303 g/mol. The molecule has 1 unspecified atom stereocenters. The predicted molar refractivity (Wildman–Crippen MR) is 90.8 cm³/mol. The SMILES string of the molecule is CCc1cc(CSc2ccc(C(C)NC)cc2)n(CC)n1. The van der Waals surface area contributed by atoms with Gasteiger partial charge in [0.25, 0.3) is 0 Å². The molecule has 0 aliphatic carbocycles. The molecule has 0 bridgehead atoms. The quantitative estimate of drug-likeness (QED) is 0.783. The molecule has 3 nitrogen and oxygen atoms in total. The summed E-state index contributed by atoms with van der Waals surface area (Å²) in [5.74, 6) is 0.974. The van der Waals surface area contributed by atoms with Crippen LogP contribution in [0.2, 0.25) is 0 Å². The smallest absolute Gasteiger partial charge is 0.0625 e. The number of nitrogens with one attached hydrogen (secondary N) is 1. The Kier molecular flexibility index (Phi) is 5.88. The second-order valence-electron chi connectivity index (χ2n) is 5.16. The predicted octanol–water partition coefficient (Wildman–Crippen LogP) is 4.04. The molecule has 1 atom stereocenters. The van der Waals surface area contributed by atoms with Gasteiger partial charge in [0.1, 0.15) is 0 Å². The first kappa shape index (κ1) is 16.1. The van der Waals surface area contributed by atoms with Gasteiger partial charge in [0, 0.05) is 28.9 Å². The Bertz CT molecular complexity index is 560. The molecule has 0 spiro atoms. The minimum Gasteiger partial charge on any atom is -0.313 e. The van der Waals surface area contributed by atoms with Crippen LogP contribution in [0.1, 0.15) is 43.8 Å². The molecule has 0 fully saturated rings. The van der Waals surface area contributed by atoms with Gasteiger partial charge in [-0.3, -0.25) is 4.68 Å². The van der Waals surface area contributed by atoms with Crippen molar-refractivity contribution in [3.05, 3.63) is 47.3 Å². The van der Waals surface area contributed by atoms with Crippen LogP contribution >= 0.6 is 11.8 Å². The van der Waals surface area contributed by atoms with Crippen LogP contribution in [-0.4, -0.2) is 16.8 Å². The zero-order valence-electron chi connectivity index (χ0n) is 13.4. The maximum Gasteiger partial charge on any atom is 0.0625 e. The van der Waals surface area contributed by atoms with E-state index in [1.807, 2.05) is 18.8 Å². The molecule has 114 valence electrons. The largest absolute Gasteiger partial charge is 0.313 e. The summed E-state index contributed by atoms with van der Waals surface area (Å²) >= 11 is 1.87. The molecule has 0 aliphatic rings. The topological polar surface area (TPSA) is 29.9 Å². The van der Waals surface area contributed by atoms with Crippen LogP contribution in [0.25, 0.3) is 0 Å². The molecular formula is C17H25N3S. The van der Waals surface area contributed by atoms with Gasteiger partial charge in [-0.2, -0.15) is 5.10 Å². The van der Waals surface area contributed by atoms with Crippen LogP contribution in [0, 0.1) is 0 Å². The standard InChI is InChI=1S/C17H25N3S/c1-5-15-11-16(20(6-2)19-15)12-21-17-9-7-14(8-10-17)13(3)18-4/h7-11,13,18H,5-6,12H2,1-4H3. The molecule has 21 heavy (non-hydrogen) atoms. The van der Waals surface area contributed by atoms with Crippen molar-refractivity contribution in [1.29, 1.82) is 0 Å². The number of benzene rings is 1. The van der Waals surface area contributed by atoms with Gasteiger partial charge >= 0.3 is 0 Å². The Hall–Kier alpha value is -1.26. The molecule has 0 amide bonds. The summed E-state index contributed by atoms with van der Waals surface area (Å²) in [4.78, 5) is 1.31. The van der Waals surface area contributed by atoms with Crippen molar-refractivity contribution in [2.24, 2.45) is 0 Å². The summed E-state index contributed by atoms with van der Waals surface area (Å²) in [7, 11) is 1.99. The second-order valence-corrected chi connectivity index (χ2v) is 6.21. The third-order valence-electron chi connectivity index (χ3n) is 3.78. The molecule has 2 rings (SSSR count). The fraction of sp³-hybridized carbons (Fsp3) is 0.471. The van der Waals surface area contributed by atoms with E-state index in [-0.39, 0.29) is 0 Å². The maximum absolute atomic E-state index is 4.60. The number of nitrogens with zero attached hydrogens (tertiary/aromatic N) is 2. The summed E-state index contributed by atoms with van der Waals surface area (Å²) in [5.41, 5.74) is 3.83. The van der Waals surface area contributed by atoms with Crippen LogP contribution in [0.3, 0.4) is 0 Å². The normalized spacial score (nSPS) is 12.6. The van der Waals surface area contributed by atoms with E-state index in [4.69, 9.17) is 0 Å². The number of aryl methyl sites for hydroxylation is 2. The molecule has 2 aromatic rings. The van der Waals surface area contributed by atoms with Crippen molar-refractivity contribution in [3.63, 3.8) is 0 Å². The van der Waals surface area contributed by atoms with E-state index in [0.717, 1.165) is 18.7 Å². The highest BCUT2D eigenvalue weighted by Gasteiger charge is 2.07. The van der Waals surface area contributed by atoms with Gasteiger partial charge in [-0.05, 0) is 51.1 Å². The summed E-state index contributed by atoms with van der Waals surface area (Å²) in [5, 5.41) is 7.87. The van der Waals surface area contributed by atoms with Crippen LogP contribution in [0.5, 0.6) is 0 Å². The number of hydrogen-bond acceptors (Lipinski definition) is 3. The summed E-state index contributed by atoms with van der Waals surface area (Å²) in [6.07, 6.45) is 1.00. The Morgan fingerprint density at radius 2 is 1.95 bits per heavy atom. The Morgan fingerprint density at radius 1 is 1.24 bits per heavy atom. The van der Waals surface area contributed by atoms with Crippen LogP contribution in [-0.2, 0) is 18.7 Å². The first-order valence-electron chi connectivity index (χ1n) is 7.63. The zero-order valence-corrected chi connectivity index (χ0v) is 14.2. The van der Waals surface area contributed by atoms with Crippen molar-refractivity contribution in [3.8, 4) is 0 Å². The number of thioether (sulfide) groups is 1. The highest BCUT2D eigenvalue weighted by molar-refractivity contribution is 7.98. The van der Waals surface area contributed by atoms with Gasteiger partial charge in [-0.25, -0.2) is 0 Å². The lowest BCUT2D eigenvalue weighted by atomic mass is 10.1. The van der Waals surface area contributed by atoms with Gasteiger partial charge in [0.15, 0.2) is 0 Å². The lowest BCUT2D eigenvalue weighted by Crippen LogP contribution is -2.11. The van der Waals surface area contributed by atoms with E-state index >= 15 is 0 Å². The minimum absolute atomic E-state index is 0.401. The van der Waals surface area contributed by atoms with Crippen molar-refractivity contribution in [2.45, 2.75) is 50.4 Å². The van der Waals surface area contributed by atoms with Gasteiger partial charge < -0.3 is 5.32 Å². The van der Waals surface area contributed by atoms with Gasteiger partial charge in [0.05, 0.1) is 5.69 Å². The molecular weight excluding hydrogens is 278 g/mol. The number of rotatable bonds is 7. The number of hydrogen-bond donors (Lipinski definition) is 1. The Balaban J connectivity index is 2.01. The first-order chi connectivity index (χ1) is 10.2. The van der Waals surface area contributed by atoms with Crippen LogP contribution < -0.4 is 5.32 Å². The Morgan fingerprint density at radius 3 is 2.52 bits per heavy atom. The summed E-state index contributed by atoms with van der Waals surface area (Å²) < 4.78 is 2.11. The van der Waals surface area contributed by atoms with Gasteiger partial charge in [-0.15, -0.1) is 11.8 Å².